The van der Waals surface area contributed by atoms with Crippen molar-refractivity contribution in [2.45, 2.75) is 46.1 Å². The van der Waals surface area contributed by atoms with Crippen LogP contribution in [0.1, 0.15) is 50.9 Å². The van der Waals surface area contributed by atoms with Gasteiger partial charge >= 0.3 is 11.9 Å². The Kier molecular flexibility index (Phi) is 6.16. The van der Waals surface area contributed by atoms with Crippen LogP contribution in [0.3, 0.4) is 0 Å². The van der Waals surface area contributed by atoms with Gasteiger partial charge in [0.2, 0.25) is 0 Å². The summed E-state index contributed by atoms with van der Waals surface area (Å²) < 4.78 is 5.37. The van der Waals surface area contributed by atoms with Crippen molar-refractivity contribution in [3.63, 3.8) is 0 Å². The van der Waals surface area contributed by atoms with Gasteiger partial charge in [0, 0.05) is 6.42 Å². The molecule has 0 spiro atoms. The molecule has 0 amide bonds. The van der Waals surface area contributed by atoms with Gasteiger partial charge in [0.1, 0.15) is 5.60 Å². The van der Waals surface area contributed by atoms with Crippen molar-refractivity contribution in [3.05, 3.63) is 41.6 Å². The van der Waals surface area contributed by atoms with E-state index in [4.69, 9.17) is 9.84 Å². The number of hydrogen-bond acceptors (Lipinski definition) is 4. The molecule has 2 N–H and O–H groups in total. The highest BCUT2D eigenvalue weighted by molar-refractivity contribution is 5.96. The third kappa shape index (κ3) is 6.43. The summed E-state index contributed by atoms with van der Waals surface area (Å²) in [4.78, 5) is 22.7. The van der Waals surface area contributed by atoms with Gasteiger partial charge in [-0.3, -0.25) is 4.79 Å². The molecule has 1 rings (SSSR count). The van der Waals surface area contributed by atoms with Gasteiger partial charge in [-0.25, -0.2) is 4.79 Å². The molecule has 5 heteroatoms. The molecule has 0 atom stereocenters. The van der Waals surface area contributed by atoms with Crippen LogP contribution in [0.4, 0.5) is 5.69 Å². The van der Waals surface area contributed by atoms with Gasteiger partial charge in [0.05, 0.1) is 11.3 Å². The molecule has 0 saturated heterocycles. The van der Waals surface area contributed by atoms with Crippen LogP contribution in [0.2, 0.25) is 0 Å². The molecule has 22 heavy (non-hydrogen) atoms. The van der Waals surface area contributed by atoms with Crippen LogP contribution in [0.5, 0.6) is 0 Å². The van der Waals surface area contributed by atoms with Gasteiger partial charge < -0.3 is 15.2 Å². The number of anilines is 1. The molecule has 0 radical (unpaired) electrons. The van der Waals surface area contributed by atoms with Gasteiger partial charge in [-0.05, 0) is 52.4 Å². The second kappa shape index (κ2) is 7.64. The number of carbonyl (C=O) groups is 2. The number of nitrogens with one attached hydrogen (secondary N) is 1. The van der Waals surface area contributed by atoms with E-state index in [2.05, 4.69) is 5.32 Å². The zero-order chi connectivity index (χ0) is 16.8. The van der Waals surface area contributed by atoms with Crippen molar-refractivity contribution >= 4 is 17.6 Å². The van der Waals surface area contributed by atoms with Crippen LogP contribution in [0.15, 0.2) is 36.0 Å². The fourth-order valence-electron chi connectivity index (χ4n) is 1.70. The summed E-state index contributed by atoms with van der Waals surface area (Å²) in [7, 11) is 0. The molecule has 0 bridgehead atoms. The minimum Gasteiger partial charge on any atom is -0.481 e. The Morgan fingerprint density at radius 3 is 2.45 bits per heavy atom. The maximum atomic E-state index is 12.2. The molecular formula is C17H23NO4. The molecule has 0 aliphatic heterocycles. The zero-order valence-corrected chi connectivity index (χ0v) is 13.5. The molecule has 0 aromatic heterocycles. The van der Waals surface area contributed by atoms with E-state index in [1.165, 1.54) is 0 Å². The third-order valence-electron chi connectivity index (χ3n) is 2.75. The van der Waals surface area contributed by atoms with Crippen molar-refractivity contribution in [1.29, 1.82) is 0 Å². The molecule has 0 unspecified atom stereocenters. The number of aliphatic carboxylic acids is 1. The molecule has 0 aliphatic carbocycles. The molecule has 120 valence electrons. The SMILES string of the molecule is CC(=CNc1ccccc1C(=O)OC(C)(C)C)CCC(=O)O. The number of carboxylic acid groups (broad SMARTS) is 1. The van der Waals surface area contributed by atoms with E-state index in [1.807, 2.05) is 33.8 Å². The lowest BCUT2D eigenvalue weighted by Crippen LogP contribution is -2.24. The first-order chi connectivity index (χ1) is 10.2. The minimum absolute atomic E-state index is 0.0811. The highest BCUT2D eigenvalue weighted by atomic mass is 16.6. The second-order valence-corrected chi connectivity index (χ2v) is 6.08. The first kappa shape index (κ1) is 17.8. The average molecular weight is 305 g/mol. The van der Waals surface area contributed by atoms with E-state index >= 15 is 0 Å². The van der Waals surface area contributed by atoms with Gasteiger partial charge in [-0.1, -0.05) is 17.7 Å². The molecule has 0 fully saturated rings. The standard InChI is InChI=1S/C17H23NO4/c1-12(9-10-15(19)20)11-18-14-8-6-5-7-13(14)16(21)22-17(2,3)4/h5-8,11,18H,9-10H2,1-4H3,(H,19,20). The number of carboxylic acids is 1. The number of esters is 1. The average Bonchev–Trinajstić information content (AvgIpc) is 2.41. The molecule has 1 aromatic rings. The Hall–Kier alpha value is -2.30. The number of hydrogen-bond donors (Lipinski definition) is 2. The van der Waals surface area contributed by atoms with Crippen LogP contribution >= 0.6 is 0 Å². The van der Waals surface area contributed by atoms with Gasteiger partial charge in [-0.15, -0.1) is 0 Å². The lowest BCUT2D eigenvalue weighted by Gasteiger charge is -2.20. The summed E-state index contributed by atoms with van der Waals surface area (Å²) >= 11 is 0. The monoisotopic (exact) mass is 305 g/mol. The van der Waals surface area contributed by atoms with E-state index in [-0.39, 0.29) is 6.42 Å². The van der Waals surface area contributed by atoms with Crippen LogP contribution < -0.4 is 5.32 Å². The number of benzene rings is 1. The smallest absolute Gasteiger partial charge is 0.340 e. The molecular weight excluding hydrogens is 282 g/mol. The fraction of sp³-hybridized carbons (Fsp3) is 0.412. The number of carbonyl (C=O) groups excluding carboxylic acids is 1. The zero-order valence-electron chi connectivity index (χ0n) is 13.5. The summed E-state index contributed by atoms with van der Waals surface area (Å²) in [6.45, 7) is 7.29. The highest BCUT2D eigenvalue weighted by Gasteiger charge is 2.19. The maximum absolute atomic E-state index is 12.2. The Balaban J connectivity index is 2.82. The largest absolute Gasteiger partial charge is 0.481 e. The lowest BCUT2D eigenvalue weighted by atomic mass is 10.1. The van der Waals surface area contributed by atoms with Gasteiger partial charge in [-0.2, -0.15) is 0 Å². The summed E-state index contributed by atoms with van der Waals surface area (Å²) in [6, 6.07) is 7.05. The van der Waals surface area contributed by atoms with E-state index in [1.54, 1.807) is 24.4 Å². The summed E-state index contributed by atoms with van der Waals surface area (Å²) in [5.41, 5.74) is 1.41. The fourth-order valence-corrected chi connectivity index (χ4v) is 1.70. The third-order valence-corrected chi connectivity index (χ3v) is 2.75. The quantitative estimate of drug-likeness (QED) is 0.781. The van der Waals surface area contributed by atoms with Crippen molar-refractivity contribution in [2.24, 2.45) is 0 Å². The molecule has 0 saturated carbocycles. The normalized spacial score (nSPS) is 11.9. The Morgan fingerprint density at radius 2 is 1.86 bits per heavy atom. The van der Waals surface area contributed by atoms with E-state index in [0.29, 0.717) is 17.7 Å². The van der Waals surface area contributed by atoms with Crippen LogP contribution in [0, 0.1) is 0 Å². The first-order valence-electron chi connectivity index (χ1n) is 7.15. The van der Waals surface area contributed by atoms with Crippen molar-refractivity contribution < 1.29 is 19.4 Å². The predicted molar refractivity (Wildman–Crippen MR) is 85.9 cm³/mol. The van der Waals surface area contributed by atoms with Crippen molar-refractivity contribution in [3.8, 4) is 0 Å². The number of rotatable bonds is 6. The van der Waals surface area contributed by atoms with Crippen LogP contribution in [0.25, 0.3) is 0 Å². The molecule has 5 nitrogen and oxygen atoms in total. The summed E-state index contributed by atoms with van der Waals surface area (Å²) in [6.07, 6.45) is 2.25. The van der Waals surface area contributed by atoms with Gasteiger partial charge in [0.25, 0.3) is 0 Å². The second-order valence-electron chi connectivity index (χ2n) is 6.08. The maximum Gasteiger partial charge on any atom is 0.340 e. The van der Waals surface area contributed by atoms with Gasteiger partial charge in [0.15, 0.2) is 0 Å². The van der Waals surface area contributed by atoms with E-state index < -0.39 is 17.5 Å². The Labute approximate surface area is 131 Å². The lowest BCUT2D eigenvalue weighted by molar-refractivity contribution is -0.136. The number of para-hydroxylation sites is 1. The van der Waals surface area contributed by atoms with Crippen LogP contribution in [-0.2, 0) is 9.53 Å². The van der Waals surface area contributed by atoms with E-state index in [9.17, 15) is 9.59 Å². The minimum atomic E-state index is -0.832. The van der Waals surface area contributed by atoms with Crippen LogP contribution in [-0.4, -0.2) is 22.6 Å². The number of ether oxygens (including phenoxy) is 1. The molecule has 0 aliphatic rings. The summed E-state index contributed by atoms with van der Waals surface area (Å²) in [5.74, 6) is -1.23. The van der Waals surface area contributed by atoms with E-state index in [0.717, 1.165) is 5.57 Å². The van der Waals surface area contributed by atoms with Crippen molar-refractivity contribution in [2.75, 3.05) is 5.32 Å². The Bertz CT molecular complexity index is 570. The molecule has 1 aromatic carbocycles. The first-order valence-corrected chi connectivity index (χ1v) is 7.15. The summed E-state index contributed by atoms with van der Waals surface area (Å²) in [5, 5.41) is 11.7. The van der Waals surface area contributed by atoms with Crippen molar-refractivity contribution in [1.82, 2.24) is 0 Å². The predicted octanol–water partition coefficient (Wildman–Crippen LogP) is 3.82. The topological polar surface area (TPSA) is 75.6 Å². The Morgan fingerprint density at radius 1 is 1.23 bits per heavy atom. The highest BCUT2D eigenvalue weighted by Crippen LogP contribution is 2.20. The molecule has 0 heterocycles. The number of allylic oxidation sites excluding steroid dienone is 1.